The first-order valence-corrected chi connectivity index (χ1v) is 8.69. The molecule has 0 bridgehead atoms. The van der Waals surface area contributed by atoms with Gasteiger partial charge in [0.15, 0.2) is 0 Å². The summed E-state index contributed by atoms with van der Waals surface area (Å²) in [7, 11) is 0. The predicted molar refractivity (Wildman–Crippen MR) is 96.2 cm³/mol. The highest BCUT2D eigenvalue weighted by Crippen LogP contribution is 2.36. The number of hydrogen-bond donors (Lipinski definition) is 2. The van der Waals surface area contributed by atoms with E-state index in [0.717, 1.165) is 5.56 Å². The summed E-state index contributed by atoms with van der Waals surface area (Å²) < 4.78 is 77.6. The van der Waals surface area contributed by atoms with Crippen molar-refractivity contribution >= 4 is 11.8 Å². The molecule has 0 aliphatic carbocycles. The molecule has 162 valence electrons. The van der Waals surface area contributed by atoms with Gasteiger partial charge in [-0.1, -0.05) is 24.3 Å². The van der Waals surface area contributed by atoms with Crippen LogP contribution in [0.25, 0.3) is 0 Å². The fourth-order valence-corrected chi connectivity index (χ4v) is 2.83. The number of carbonyl (C=O) groups is 2. The molecule has 0 saturated carbocycles. The molecule has 0 aliphatic rings. The van der Waals surface area contributed by atoms with Gasteiger partial charge >= 0.3 is 12.4 Å². The van der Waals surface area contributed by atoms with Gasteiger partial charge in [0.25, 0.3) is 0 Å². The maximum atomic E-state index is 12.9. The zero-order valence-corrected chi connectivity index (χ0v) is 15.7. The fraction of sp³-hybridized carbons (Fsp3) is 0.300. The molecule has 0 heterocycles. The van der Waals surface area contributed by atoms with Crippen molar-refractivity contribution in [3.63, 3.8) is 0 Å². The molecule has 0 spiro atoms. The molecule has 2 rings (SSSR count). The summed E-state index contributed by atoms with van der Waals surface area (Å²) in [6, 6.07) is 6.70. The Balaban J connectivity index is 2.23. The molecule has 3 N–H and O–H groups in total. The Kier molecular flexibility index (Phi) is 6.79. The molecule has 2 amide bonds. The smallest absolute Gasteiger partial charge is 0.368 e. The Bertz CT molecular complexity index is 905. The second-order valence-corrected chi connectivity index (χ2v) is 6.74. The SMILES string of the molecule is Cc1ccccc1C[C@@H](NC(=O)Cc1cc(C(F)(F)F)cc(C(F)(F)F)c1)C(N)=O. The number of nitrogens with one attached hydrogen (secondary N) is 1. The maximum Gasteiger partial charge on any atom is 0.416 e. The third kappa shape index (κ3) is 6.23. The van der Waals surface area contributed by atoms with Gasteiger partial charge in [0.1, 0.15) is 6.04 Å². The minimum atomic E-state index is -5.02. The number of benzene rings is 2. The molecule has 0 radical (unpaired) electrons. The van der Waals surface area contributed by atoms with Gasteiger partial charge in [0, 0.05) is 6.42 Å². The number of nitrogens with two attached hydrogens (primary N) is 1. The van der Waals surface area contributed by atoms with Gasteiger partial charge in [-0.3, -0.25) is 9.59 Å². The number of rotatable bonds is 6. The van der Waals surface area contributed by atoms with Crippen molar-refractivity contribution in [1.29, 1.82) is 0 Å². The van der Waals surface area contributed by atoms with E-state index in [4.69, 9.17) is 5.73 Å². The molecule has 0 aromatic heterocycles. The number of aryl methyl sites for hydroxylation is 1. The molecule has 4 nitrogen and oxygen atoms in total. The summed E-state index contributed by atoms with van der Waals surface area (Å²) in [5, 5.41) is 2.28. The normalized spacial score (nSPS) is 13.0. The minimum absolute atomic E-state index is 0.0220. The average Bonchev–Trinajstić information content (AvgIpc) is 2.61. The van der Waals surface area contributed by atoms with Crippen molar-refractivity contribution in [2.24, 2.45) is 5.73 Å². The van der Waals surface area contributed by atoms with Crippen LogP contribution in [-0.4, -0.2) is 17.9 Å². The highest BCUT2D eigenvalue weighted by molar-refractivity contribution is 5.87. The lowest BCUT2D eigenvalue weighted by Gasteiger charge is -2.18. The fourth-order valence-electron chi connectivity index (χ4n) is 2.83. The molecule has 1 atom stereocenters. The van der Waals surface area contributed by atoms with Crippen LogP contribution in [0, 0.1) is 6.92 Å². The van der Waals surface area contributed by atoms with E-state index in [-0.39, 0.29) is 12.5 Å². The summed E-state index contributed by atoms with van der Waals surface area (Å²) in [6.07, 6.45) is -10.8. The van der Waals surface area contributed by atoms with Crippen LogP contribution in [0.3, 0.4) is 0 Å². The molecule has 0 unspecified atom stereocenters. The highest BCUT2D eigenvalue weighted by atomic mass is 19.4. The van der Waals surface area contributed by atoms with E-state index >= 15 is 0 Å². The first-order chi connectivity index (χ1) is 13.8. The molecular weight excluding hydrogens is 414 g/mol. The number of halogens is 6. The Morgan fingerprint density at radius 3 is 1.97 bits per heavy atom. The Labute approximate surface area is 168 Å². The van der Waals surface area contributed by atoms with E-state index in [1.807, 2.05) is 0 Å². The summed E-state index contributed by atoms with van der Waals surface area (Å²) in [6.45, 7) is 1.77. The largest absolute Gasteiger partial charge is 0.416 e. The molecule has 2 aromatic rings. The first-order valence-electron chi connectivity index (χ1n) is 8.69. The van der Waals surface area contributed by atoms with Crippen molar-refractivity contribution in [3.8, 4) is 0 Å². The van der Waals surface area contributed by atoms with Crippen molar-refractivity contribution in [3.05, 3.63) is 70.3 Å². The van der Waals surface area contributed by atoms with Crippen LogP contribution in [0.15, 0.2) is 42.5 Å². The Morgan fingerprint density at radius 2 is 1.50 bits per heavy atom. The van der Waals surface area contributed by atoms with E-state index in [2.05, 4.69) is 5.32 Å². The van der Waals surface area contributed by atoms with E-state index in [1.54, 1.807) is 31.2 Å². The van der Waals surface area contributed by atoms with E-state index < -0.39 is 53.3 Å². The first kappa shape index (κ1) is 23.2. The van der Waals surface area contributed by atoms with Crippen molar-refractivity contribution in [1.82, 2.24) is 5.32 Å². The molecule has 30 heavy (non-hydrogen) atoms. The van der Waals surface area contributed by atoms with Gasteiger partial charge in [0.2, 0.25) is 11.8 Å². The molecule has 2 aromatic carbocycles. The number of carbonyl (C=O) groups excluding carboxylic acids is 2. The van der Waals surface area contributed by atoms with Crippen molar-refractivity contribution in [2.45, 2.75) is 38.2 Å². The van der Waals surface area contributed by atoms with Gasteiger partial charge in [-0.25, -0.2) is 0 Å². The molecular formula is C20H18F6N2O2. The molecule has 10 heteroatoms. The van der Waals surface area contributed by atoms with Crippen LogP contribution in [0.2, 0.25) is 0 Å². The number of primary amides is 1. The van der Waals surface area contributed by atoms with Gasteiger partial charge < -0.3 is 11.1 Å². The van der Waals surface area contributed by atoms with Crippen LogP contribution in [0.5, 0.6) is 0 Å². The second-order valence-electron chi connectivity index (χ2n) is 6.74. The lowest BCUT2D eigenvalue weighted by molar-refractivity contribution is -0.143. The number of amides is 2. The number of alkyl halides is 6. The van der Waals surface area contributed by atoms with Gasteiger partial charge in [0.05, 0.1) is 17.5 Å². The zero-order valence-electron chi connectivity index (χ0n) is 15.7. The highest BCUT2D eigenvalue weighted by Gasteiger charge is 2.37. The molecule has 0 aliphatic heterocycles. The van der Waals surface area contributed by atoms with E-state index in [0.29, 0.717) is 17.7 Å². The zero-order chi connectivity index (χ0) is 22.7. The summed E-state index contributed by atoms with van der Waals surface area (Å²) >= 11 is 0. The van der Waals surface area contributed by atoms with Gasteiger partial charge in [-0.15, -0.1) is 0 Å². The Hall–Kier alpha value is -3.04. The summed E-state index contributed by atoms with van der Waals surface area (Å²) in [4.78, 5) is 23.9. The summed E-state index contributed by atoms with van der Waals surface area (Å²) in [5.74, 6) is -1.81. The van der Waals surface area contributed by atoms with Crippen LogP contribution < -0.4 is 11.1 Å². The van der Waals surface area contributed by atoms with Crippen LogP contribution in [-0.2, 0) is 34.8 Å². The quantitative estimate of drug-likeness (QED) is 0.682. The van der Waals surface area contributed by atoms with Crippen molar-refractivity contribution in [2.75, 3.05) is 0 Å². The maximum absolute atomic E-state index is 12.9. The lowest BCUT2D eigenvalue weighted by Crippen LogP contribution is -2.46. The van der Waals surface area contributed by atoms with E-state index in [9.17, 15) is 35.9 Å². The topological polar surface area (TPSA) is 72.2 Å². The van der Waals surface area contributed by atoms with Crippen LogP contribution in [0.1, 0.15) is 27.8 Å². The molecule has 0 saturated heterocycles. The van der Waals surface area contributed by atoms with Crippen LogP contribution in [0.4, 0.5) is 26.3 Å². The van der Waals surface area contributed by atoms with Gasteiger partial charge in [-0.05, 0) is 41.8 Å². The second kappa shape index (κ2) is 8.76. The minimum Gasteiger partial charge on any atom is -0.368 e. The van der Waals surface area contributed by atoms with E-state index in [1.165, 1.54) is 0 Å². The van der Waals surface area contributed by atoms with Crippen LogP contribution >= 0.6 is 0 Å². The monoisotopic (exact) mass is 432 g/mol. The predicted octanol–water partition coefficient (Wildman–Crippen LogP) is 3.79. The molecule has 0 fully saturated rings. The summed E-state index contributed by atoms with van der Waals surface area (Å²) in [5.41, 5.74) is 3.29. The lowest BCUT2D eigenvalue weighted by atomic mass is 9.99. The van der Waals surface area contributed by atoms with Crippen molar-refractivity contribution < 1.29 is 35.9 Å². The Morgan fingerprint density at radius 1 is 0.967 bits per heavy atom. The average molecular weight is 432 g/mol. The van der Waals surface area contributed by atoms with Gasteiger partial charge in [-0.2, -0.15) is 26.3 Å². The standard InChI is InChI=1S/C20H18F6N2O2/c1-11-4-2-3-5-13(11)9-16(18(27)30)28-17(29)8-12-6-14(19(21,22)23)10-15(7-12)20(24,25)26/h2-7,10,16H,8-9H2,1H3,(H2,27,30)(H,28,29)/t16-/m1/s1. The third-order valence-corrected chi connectivity index (χ3v) is 4.38. The third-order valence-electron chi connectivity index (χ3n) is 4.38. The number of hydrogen-bond acceptors (Lipinski definition) is 2.